The molecule has 2 rings (SSSR count). The Morgan fingerprint density at radius 2 is 2.38 bits per heavy atom. The van der Waals surface area contributed by atoms with Gasteiger partial charge in [-0.05, 0) is 11.7 Å². The molecule has 0 aromatic carbocycles. The second-order valence-corrected chi connectivity index (χ2v) is 3.34. The molecule has 0 spiro atoms. The molecular weight excluding hydrogens is 238 g/mol. The van der Waals surface area contributed by atoms with Gasteiger partial charge >= 0.3 is 0 Å². The number of nitro groups is 1. The highest BCUT2D eigenvalue weighted by atomic mass is 79.9. The van der Waals surface area contributed by atoms with Crippen molar-refractivity contribution in [2.75, 3.05) is 0 Å². The topological polar surface area (TPSA) is 70.1 Å². The van der Waals surface area contributed by atoms with Crippen molar-refractivity contribution in [3.8, 4) is 0 Å². The maximum atomic E-state index is 10.5. The van der Waals surface area contributed by atoms with Crippen molar-refractivity contribution in [1.29, 1.82) is 0 Å². The highest BCUT2D eigenvalue weighted by Crippen LogP contribution is 2.25. The van der Waals surface area contributed by atoms with E-state index in [2.05, 4.69) is 25.9 Å². The molecule has 0 aliphatic rings. The van der Waals surface area contributed by atoms with Gasteiger partial charge in [-0.15, -0.1) is 0 Å². The number of hydrogen-bond acceptors (Lipinski definition) is 3. The summed E-state index contributed by atoms with van der Waals surface area (Å²) in [6.45, 7) is 0. The molecular formula is C7H3BrN3O2-. The third kappa shape index (κ3) is 1.29. The number of rotatable bonds is 1. The summed E-state index contributed by atoms with van der Waals surface area (Å²) in [5, 5.41) is 11.0. The minimum Gasteiger partial charge on any atom is -0.441 e. The average Bonchev–Trinajstić information content (AvgIpc) is 2.46. The van der Waals surface area contributed by atoms with Gasteiger partial charge in [-0.25, -0.2) is 0 Å². The Morgan fingerprint density at radius 1 is 1.62 bits per heavy atom. The molecule has 0 radical (unpaired) electrons. The van der Waals surface area contributed by atoms with Crippen LogP contribution < -0.4 is 4.98 Å². The van der Waals surface area contributed by atoms with Crippen molar-refractivity contribution in [2.24, 2.45) is 0 Å². The average molecular weight is 241 g/mol. The van der Waals surface area contributed by atoms with Gasteiger partial charge in [0.2, 0.25) is 0 Å². The Hall–Kier alpha value is -1.43. The summed E-state index contributed by atoms with van der Waals surface area (Å²) >= 11 is 3.19. The molecule has 0 bridgehead atoms. The molecule has 5 nitrogen and oxygen atoms in total. The molecule has 0 amide bonds. The fourth-order valence-electron chi connectivity index (χ4n) is 1.06. The molecule has 13 heavy (non-hydrogen) atoms. The van der Waals surface area contributed by atoms with Crippen molar-refractivity contribution in [3.63, 3.8) is 0 Å². The lowest BCUT2D eigenvalue weighted by Gasteiger charge is -1.98. The van der Waals surface area contributed by atoms with Crippen LogP contribution in [0.25, 0.3) is 11.0 Å². The van der Waals surface area contributed by atoms with E-state index in [4.69, 9.17) is 0 Å². The lowest BCUT2D eigenvalue weighted by atomic mass is 10.3. The Morgan fingerprint density at radius 3 is 3.08 bits per heavy atom. The summed E-state index contributed by atoms with van der Waals surface area (Å²) in [6.07, 6.45) is 2.77. The largest absolute Gasteiger partial charge is 0.441 e. The molecule has 2 aromatic rings. The number of hydrogen-bond donors (Lipinski definition) is 0. The first-order valence-electron chi connectivity index (χ1n) is 3.40. The summed E-state index contributed by atoms with van der Waals surface area (Å²) in [7, 11) is 0. The second-order valence-electron chi connectivity index (χ2n) is 2.43. The second kappa shape index (κ2) is 2.81. The monoisotopic (exact) mass is 240 g/mol. The highest BCUT2D eigenvalue weighted by molar-refractivity contribution is 9.10. The van der Waals surface area contributed by atoms with Crippen molar-refractivity contribution in [1.82, 2.24) is 9.97 Å². The summed E-state index contributed by atoms with van der Waals surface area (Å²) in [4.78, 5) is 17.8. The molecule has 2 heterocycles. The smallest absolute Gasteiger partial charge is 0.272 e. The Kier molecular flexibility index (Phi) is 1.77. The van der Waals surface area contributed by atoms with E-state index in [-0.39, 0.29) is 5.69 Å². The summed E-state index contributed by atoms with van der Waals surface area (Å²) in [5.41, 5.74) is 0.388. The van der Waals surface area contributed by atoms with E-state index in [9.17, 15) is 10.1 Å². The van der Waals surface area contributed by atoms with Crippen molar-refractivity contribution in [3.05, 3.63) is 33.0 Å². The zero-order chi connectivity index (χ0) is 9.42. The minimum absolute atomic E-state index is 0.0104. The molecule has 0 fully saturated rings. The quantitative estimate of drug-likeness (QED) is 0.564. The van der Waals surface area contributed by atoms with Gasteiger partial charge in [0.25, 0.3) is 5.69 Å². The SMILES string of the molecule is O=[N+]([O-])c1c[n-]c2ncc(Br)cc12. The maximum absolute atomic E-state index is 10.5. The highest BCUT2D eigenvalue weighted by Gasteiger charge is 2.09. The van der Waals surface area contributed by atoms with Crippen LogP contribution in [0.2, 0.25) is 0 Å². The number of fused-ring (bicyclic) bond motifs is 1. The fraction of sp³-hybridized carbons (Fsp3) is 0. The molecule has 0 atom stereocenters. The number of halogens is 1. The predicted octanol–water partition coefficient (Wildman–Crippen LogP) is 1.86. The zero-order valence-electron chi connectivity index (χ0n) is 6.27. The van der Waals surface area contributed by atoms with E-state index in [1.54, 1.807) is 12.3 Å². The lowest BCUT2D eigenvalue weighted by Crippen LogP contribution is -1.85. The number of aromatic nitrogens is 2. The van der Waals surface area contributed by atoms with Crippen molar-refractivity contribution in [2.45, 2.75) is 0 Å². The first-order chi connectivity index (χ1) is 6.18. The van der Waals surface area contributed by atoms with Gasteiger partial charge in [0.1, 0.15) is 0 Å². The molecule has 66 valence electrons. The molecule has 0 N–H and O–H groups in total. The molecule has 0 saturated heterocycles. The predicted molar refractivity (Wildman–Crippen MR) is 49.4 cm³/mol. The first kappa shape index (κ1) is 8.18. The molecule has 6 heteroatoms. The molecule has 0 aliphatic heterocycles. The van der Waals surface area contributed by atoms with Gasteiger partial charge in [-0.2, -0.15) is 0 Å². The number of pyridine rings is 1. The van der Waals surface area contributed by atoms with Crippen LogP contribution >= 0.6 is 15.9 Å². The Bertz CT molecular complexity index is 480. The third-order valence-electron chi connectivity index (χ3n) is 1.62. The Balaban J connectivity index is 2.79. The van der Waals surface area contributed by atoms with Crippen LogP contribution in [0, 0.1) is 10.1 Å². The summed E-state index contributed by atoms with van der Waals surface area (Å²) in [5.74, 6) is 0. The van der Waals surface area contributed by atoms with Crippen LogP contribution in [-0.4, -0.2) is 9.91 Å². The van der Waals surface area contributed by atoms with Crippen LogP contribution in [0.15, 0.2) is 22.9 Å². The molecule has 0 unspecified atom stereocenters. The van der Waals surface area contributed by atoms with E-state index >= 15 is 0 Å². The van der Waals surface area contributed by atoms with Crippen LogP contribution in [0.1, 0.15) is 0 Å². The van der Waals surface area contributed by atoms with Gasteiger partial charge in [0.15, 0.2) is 0 Å². The minimum atomic E-state index is -0.469. The maximum Gasteiger partial charge on any atom is 0.272 e. The van der Waals surface area contributed by atoms with Crippen molar-refractivity contribution >= 4 is 32.7 Å². The van der Waals surface area contributed by atoms with Gasteiger partial charge in [-0.1, -0.05) is 22.1 Å². The van der Waals surface area contributed by atoms with Gasteiger partial charge in [0.05, 0.1) is 10.3 Å². The molecule has 2 aromatic heterocycles. The normalized spacial score (nSPS) is 10.5. The van der Waals surface area contributed by atoms with E-state index in [0.717, 1.165) is 0 Å². The van der Waals surface area contributed by atoms with Crippen LogP contribution in [0.3, 0.4) is 0 Å². The Labute approximate surface area is 81.1 Å². The van der Waals surface area contributed by atoms with E-state index < -0.39 is 4.92 Å². The first-order valence-corrected chi connectivity index (χ1v) is 4.19. The zero-order valence-corrected chi connectivity index (χ0v) is 7.85. The van der Waals surface area contributed by atoms with Crippen LogP contribution in [-0.2, 0) is 0 Å². The summed E-state index contributed by atoms with van der Waals surface area (Å²) in [6, 6.07) is 1.63. The van der Waals surface area contributed by atoms with Gasteiger partial charge < -0.3 is 9.97 Å². The van der Waals surface area contributed by atoms with E-state index in [1.165, 1.54) is 6.20 Å². The standard InChI is InChI=1S/C7H3BrN3O2/c8-4-1-5-6(11(12)13)3-10-7(5)9-2-4/h1-3H/q-1. The van der Waals surface area contributed by atoms with E-state index in [0.29, 0.717) is 15.5 Å². The third-order valence-corrected chi connectivity index (χ3v) is 2.05. The van der Waals surface area contributed by atoms with E-state index in [1.807, 2.05) is 0 Å². The number of nitrogens with zero attached hydrogens (tertiary/aromatic N) is 3. The van der Waals surface area contributed by atoms with Gasteiger partial charge in [0, 0.05) is 10.7 Å². The summed E-state index contributed by atoms with van der Waals surface area (Å²) < 4.78 is 0.705. The fourth-order valence-corrected chi connectivity index (χ4v) is 1.39. The van der Waals surface area contributed by atoms with Crippen LogP contribution in [0.5, 0.6) is 0 Å². The van der Waals surface area contributed by atoms with Crippen molar-refractivity contribution < 1.29 is 4.92 Å². The molecule has 0 saturated carbocycles. The lowest BCUT2D eigenvalue weighted by molar-refractivity contribution is -0.383. The van der Waals surface area contributed by atoms with Gasteiger partial charge in [-0.3, -0.25) is 10.1 Å². The van der Waals surface area contributed by atoms with Crippen LogP contribution in [0.4, 0.5) is 5.69 Å². The molecule has 0 aliphatic carbocycles.